The van der Waals surface area contributed by atoms with Crippen molar-refractivity contribution >= 4 is 11.9 Å². The van der Waals surface area contributed by atoms with Gasteiger partial charge in [-0.25, -0.2) is 14.8 Å². The van der Waals surface area contributed by atoms with Crippen LogP contribution in [0.4, 0.5) is 10.6 Å². The number of carbonyl (C=O) groups is 1. The van der Waals surface area contributed by atoms with Crippen molar-refractivity contribution in [3.05, 3.63) is 90.4 Å². The summed E-state index contributed by atoms with van der Waals surface area (Å²) >= 11 is 0. The van der Waals surface area contributed by atoms with Crippen molar-refractivity contribution in [3.63, 3.8) is 0 Å². The first-order valence-corrected chi connectivity index (χ1v) is 14.2. The highest BCUT2D eigenvalue weighted by molar-refractivity contribution is 5.68. The van der Waals surface area contributed by atoms with Crippen molar-refractivity contribution in [1.29, 1.82) is 0 Å². The molecule has 1 fully saturated rings. The van der Waals surface area contributed by atoms with Crippen LogP contribution in [0.15, 0.2) is 73.3 Å². The number of rotatable bonds is 8. The molecule has 9 heteroatoms. The van der Waals surface area contributed by atoms with Gasteiger partial charge in [-0.05, 0) is 76.4 Å². The topological polar surface area (TPSA) is 97.2 Å². The molecule has 5 rings (SSSR count). The molecule has 1 amide bonds. The number of nitrogens with zero attached hydrogens (tertiary/aromatic N) is 5. The van der Waals surface area contributed by atoms with Crippen LogP contribution in [0.2, 0.25) is 0 Å². The van der Waals surface area contributed by atoms with E-state index in [1.807, 2.05) is 81.3 Å². The Morgan fingerprint density at radius 3 is 2.63 bits per heavy atom. The maximum atomic E-state index is 12.3. The van der Waals surface area contributed by atoms with Crippen LogP contribution < -0.4 is 10.6 Å². The van der Waals surface area contributed by atoms with E-state index < -0.39 is 5.60 Å². The van der Waals surface area contributed by atoms with E-state index >= 15 is 0 Å². The molecule has 0 unspecified atom stereocenters. The van der Waals surface area contributed by atoms with Crippen LogP contribution in [0.3, 0.4) is 0 Å². The van der Waals surface area contributed by atoms with Crippen molar-refractivity contribution in [2.24, 2.45) is 0 Å². The number of piperidine rings is 1. The number of likely N-dealkylation sites (tertiary alicyclic amines) is 1. The molecule has 1 aromatic carbocycles. The number of aromatic nitrogens is 4. The van der Waals surface area contributed by atoms with Crippen LogP contribution in [0, 0.1) is 6.92 Å². The largest absolute Gasteiger partial charge is 0.444 e. The Bertz CT molecular complexity index is 1460. The number of carbonyl (C=O) groups excluding carboxylic acids is 1. The fourth-order valence-corrected chi connectivity index (χ4v) is 5.04. The molecule has 0 bridgehead atoms. The Balaban J connectivity index is 1.30. The Hall–Kier alpha value is -4.24. The zero-order valence-electron chi connectivity index (χ0n) is 24.3. The van der Waals surface area contributed by atoms with E-state index in [9.17, 15) is 4.79 Å². The smallest absolute Gasteiger partial charge is 0.407 e. The van der Waals surface area contributed by atoms with Gasteiger partial charge in [-0.2, -0.15) is 0 Å². The summed E-state index contributed by atoms with van der Waals surface area (Å²) in [5.41, 5.74) is 5.60. The summed E-state index contributed by atoms with van der Waals surface area (Å²) in [6.45, 7) is 10.5. The Labute approximate surface area is 242 Å². The van der Waals surface area contributed by atoms with Crippen molar-refractivity contribution < 1.29 is 9.53 Å². The van der Waals surface area contributed by atoms with E-state index in [4.69, 9.17) is 9.72 Å². The van der Waals surface area contributed by atoms with Crippen LogP contribution in [0.25, 0.3) is 16.8 Å². The normalized spacial score (nSPS) is 15.9. The Kier molecular flexibility index (Phi) is 8.64. The SMILES string of the molecule is Cc1cn(-c2cc(CN3CCC[C@H](NC(=O)OC(C)(C)C)C3)nc(NCc3cc(-c4ccccc4)ccn3)c2)cn1. The lowest BCUT2D eigenvalue weighted by molar-refractivity contribution is 0.0470. The molecule has 4 heterocycles. The number of benzene rings is 1. The van der Waals surface area contributed by atoms with Crippen LogP contribution in [0.5, 0.6) is 0 Å². The van der Waals surface area contributed by atoms with Crippen molar-refractivity contribution in [2.45, 2.75) is 65.3 Å². The van der Waals surface area contributed by atoms with E-state index in [0.29, 0.717) is 13.1 Å². The Morgan fingerprint density at radius 1 is 1.05 bits per heavy atom. The Morgan fingerprint density at radius 2 is 1.88 bits per heavy atom. The van der Waals surface area contributed by atoms with Crippen LogP contribution >= 0.6 is 0 Å². The highest BCUT2D eigenvalue weighted by Crippen LogP contribution is 2.22. The van der Waals surface area contributed by atoms with Gasteiger partial charge in [-0.15, -0.1) is 0 Å². The fourth-order valence-electron chi connectivity index (χ4n) is 5.04. The van der Waals surface area contributed by atoms with E-state index in [1.165, 1.54) is 0 Å². The van der Waals surface area contributed by atoms with Gasteiger partial charge in [0.25, 0.3) is 0 Å². The molecule has 2 N–H and O–H groups in total. The predicted octanol–water partition coefficient (Wildman–Crippen LogP) is 5.74. The number of hydrogen-bond acceptors (Lipinski definition) is 7. The standard InChI is InChI=1S/C32H39N7O2/c1-23-19-39(22-35-23)29-16-28(21-38-14-8-11-26(20-38)37-31(40)41-32(2,3)4)36-30(17-29)34-18-27-15-25(12-13-33-27)24-9-6-5-7-10-24/h5-7,9-10,12-13,15-17,19,22,26H,8,11,14,18,20-21H2,1-4H3,(H,34,36)(H,37,40)/t26-/m0/s1. The number of alkyl carbamates (subject to hydrolysis) is 1. The predicted molar refractivity (Wildman–Crippen MR) is 161 cm³/mol. The molecular formula is C32H39N7O2. The molecule has 0 saturated carbocycles. The second-order valence-corrected chi connectivity index (χ2v) is 11.6. The molecule has 214 valence electrons. The molecule has 0 aliphatic carbocycles. The first-order chi connectivity index (χ1) is 19.7. The lowest BCUT2D eigenvalue weighted by Crippen LogP contribution is -2.48. The second-order valence-electron chi connectivity index (χ2n) is 11.6. The van der Waals surface area contributed by atoms with Crippen LogP contribution in [-0.2, 0) is 17.8 Å². The molecule has 3 aromatic heterocycles. The molecule has 1 aliphatic heterocycles. The van der Waals surface area contributed by atoms with Gasteiger partial charge >= 0.3 is 6.09 Å². The molecule has 1 atom stereocenters. The summed E-state index contributed by atoms with van der Waals surface area (Å²) in [7, 11) is 0. The summed E-state index contributed by atoms with van der Waals surface area (Å²) in [6, 6.07) is 18.6. The van der Waals surface area contributed by atoms with Gasteiger partial charge in [0.2, 0.25) is 0 Å². The maximum absolute atomic E-state index is 12.3. The number of anilines is 1. The molecule has 0 spiro atoms. The number of nitrogens with one attached hydrogen (secondary N) is 2. The van der Waals surface area contributed by atoms with Crippen LogP contribution in [-0.4, -0.2) is 55.2 Å². The first kappa shape index (κ1) is 28.3. The number of amides is 1. The number of aryl methyl sites for hydroxylation is 1. The molecular weight excluding hydrogens is 514 g/mol. The summed E-state index contributed by atoms with van der Waals surface area (Å²) in [4.78, 5) is 28.6. The van der Waals surface area contributed by atoms with Gasteiger partial charge < -0.3 is 19.9 Å². The third-order valence-electron chi connectivity index (χ3n) is 6.86. The average Bonchev–Trinajstić information content (AvgIpc) is 3.38. The number of ether oxygens (including phenoxy) is 1. The highest BCUT2D eigenvalue weighted by Gasteiger charge is 2.24. The summed E-state index contributed by atoms with van der Waals surface area (Å²) in [6.07, 6.45) is 7.24. The zero-order valence-corrected chi connectivity index (χ0v) is 24.3. The van der Waals surface area contributed by atoms with E-state index in [1.54, 1.807) is 0 Å². The highest BCUT2D eigenvalue weighted by atomic mass is 16.6. The van der Waals surface area contributed by atoms with Gasteiger partial charge in [0.15, 0.2) is 0 Å². The molecule has 4 aromatic rings. The van der Waals surface area contributed by atoms with Crippen LogP contribution in [0.1, 0.15) is 50.7 Å². The summed E-state index contributed by atoms with van der Waals surface area (Å²) in [5.74, 6) is 0.774. The number of pyridine rings is 2. The minimum absolute atomic E-state index is 0.0404. The fraction of sp³-hybridized carbons (Fsp3) is 0.375. The second kappa shape index (κ2) is 12.5. The van der Waals surface area contributed by atoms with Gasteiger partial charge in [-0.3, -0.25) is 9.88 Å². The van der Waals surface area contributed by atoms with Crippen molar-refractivity contribution in [1.82, 2.24) is 29.7 Å². The minimum Gasteiger partial charge on any atom is -0.444 e. The molecule has 9 nitrogen and oxygen atoms in total. The zero-order chi connectivity index (χ0) is 28.8. The lowest BCUT2D eigenvalue weighted by Gasteiger charge is -2.33. The third kappa shape index (κ3) is 8.14. The van der Waals surface area contributed by atoms with Gasteiger partial charge in [0.1, 0.15) is 11.4 Å². The lowest BCUT2D eigenvalue weighted by atomic mass is 10.1. The molecule has 0 radical (unpaired) electrons. The summed E-state index contributed by atoms with van der Waals surface area (Å²) < 4.78 is 7.49. The molecule has 41 heavy (non-hydrogen) atoms. The number of hydrogen-bond donors (Lipinski definition) is 2. The van der Waals surface area contributed by atoms with E-state index in [2.05, 4.69) is 49.8 Å². The van der Waals surface area contributed by atoms with Crippen molar-refractivity contribution in [2.75, 3.05) is 18.4 Å². The minimum atomic E-state index is -0.518. The maximum Gasteiger partial charge on any atom is 0.407 e. The number of imidazole rings is 1. The molecule has 1 saturated heterocycles. The quantitative estimate of drug-likeness (QED) is 0.287. The van der Waals surface area contributed by atoms with Gasteiger partial charge in [0, 0.05) is 37.6 Å². The summed E-state index contributed by atoms with van der Waals surface area (Å²) in [5, 5.41) is 6.53. The monoisotopic (exact) mass is 553 g/mol. The first-order valence-electron chi connectivity index (χ1n) is 14.2. The van der Waals surface area contributed by atoms with Gasteiger partial charge in [-0.1, -0.05) is 30.3 Å². The third-order valence-corrected chi connectivity index (χ3v) is 6.86. The van der Waals surface area contributed by atoms with E-state index in [0.717, 1.165) is 65.6 Å². The van der Waals surface area contributed by atoms with Crippen molar-refractivity contribution in [3.8, 4) is 16.8 Å². The average molecular weight is 554 g/mol. The molecule has 1 aliphatic rings. The van der Waals surface area contributed by atoms with E-state index in [-0.39, 0.29) is 12.1 Å². The van der Waals surface area contributed by atoms with Gasteiger partial charge in [0.05, 0.1) is 35.6 Å².